The second-order valence-electron chi connectivity index (χ2n) is 6.59. The molecule has 10 heteroatoms. The molecule has 0 amide bonds. The van der Waals surface area contributed by atoms with Gasteiger partial charge in [0.1, 0.15) is 28.6 Å². The van der Waals surface area contributed by atoms with E-state index in [0.717, 1.165) is 18.2 Å². The number of esters is 1. The van der Waals surface area contributed by atoms with E-state index in [1.807, 2.05) is 0 Å². The summed E-state index contributed by atoms with van der Waals surface area (Å²) in [6.45, 7) is 0.148. The van der Waals surface area contributed by atoms with Gasteiger partial charge in [0.2, 0.25) is 0 Å². The van der Waals surface area contributed by atoms with Crippen LogP contribution in [0.5, 0.6) is 5.75 Å². The van der Waals surface area contributed by atoms with E-state index >= 15 is 4.39 Å². The molecule has 0 bridgehead atoms. The predicted molar refractivity (Wildman–Crippen MR) is 113 cm³/mol. The van der Waals surface area contributed by atoms with Crippen LogP contribution in [0.1, 0.15) is 10.4 Å². The van der Waals surface area contributed by atoms with Crippen molar-refractivity contribution in [3.05, 3.63) is 77.9 Å². The third-order valence-electron chi connectivity index (χ3n) is 4.38. The summed E-state index contributed by atoms with van der Waals surface area (Å²) in [7, 11) is -2.98. The number of aromatic hydroxyl groups is 1. The number of phenolic OH excluding ortho intramolecular Hbond substituents is 1. The molecule has 0 aliphatic heterocycles. The highest BCUT2D eigenvalue weighted by Crippen LogP contribution is 2.30. The molecule has 32 heavy (non-hydrogen) atoms. The molecule has 7 nitrogen and oxygen atoms in total. The Morgan fingerprint density at radius 3 is 2.47 bits per heavy atom. The fourth-order valence-corrected chi connectivity index (χ4v) is 4.02. The van der Waals surface area contributed by atoms with E-state index < -0.39 is 38.3 Å². The molecule has 3 rings (SSSR count). The van der Waals surface area contributed by atoms with Gasteiger partial charge in [-0.05, 0) is 35.9 Å². The molecular formula is C22H19F2NO6S. The summed E-state index contributed by atoms with van der Waals surface area (Å²) in [5.41, 5.74) is -0.201. The van der Waals surface area contributed by atoms with E-state index in [4.69, 9.17) is 9.47 Å². The quantitative estimate of drug-likeness (QED) is 0.388. The molecule has 0 aliphatic carbocycles. The molecule has 0 unspecified atom stereocenters. The van der Waals surface area contributed by atoms with Crippen LogP contribution in [0.3, 0.4) is 0 Å². The number of nitrogens with one attached hydrogen (secondary N) is 1. The second kappa shape index (κ2) is 9.75. The molecular weight excluding hydrogens is 444 g/mol. The Balaban J connectivity index is 1.86. The molecule has 0 spiro atoms. The molecule has 0 saturated carbocycles. The zero-order valence-electron chi connectivity index (χ0n) is 16.8. The minimum Gasteiger partial charge on any atom is -0.507 e. The molecule has 2 N–H and O–H groups in total. The number of halogens is 2. The molecule has 3 aromatic rings. The summed E-state index contributed by atoms with van der Waals surface area (Å²) in [5, 5.41) is 10.1. The fraction of sp³-hybridized carbons (Fsp3) is 0.136. The Labute approximate surface area is 183 Å². The van der Waals surface area contributed by atoms with Gasteiger partial charge >= 0.3 is 5.97 Å². The van der Waals surface area contributed by atoms with Crippen molar-refractivity contribution >= 4 is 21.7 Å². The van der Waals surface area contributed by atoms with E-state index in [-0.39, 0.29) is 35.6 Å². The number of methoxy groups -OCH3 is 1. The van der Waals surface area contributed by atoms with Gasteiger partial charge < -0.3 is 14.6 Å². The summed E-state index contributed by atoms with van der Waals surface area (Å²) in [6.07, 6.45) is 0. The standard InChI is InChI=1S/C22H19F2NO6S/c1-30-10-11-31-22(27)18-9-8-16(13-19(18)26)25-32(28,29)20-7-3-6-17(21(20)24)14-4-2-5-15(23)12-14/h2-9,12-13,25-26H,10-11H2,1H3. The van der Waals surface area contributed by atoms with Crippen LogP contribution in [0.2, 0.25) is 0 Å². The lowest BCUT2D eigenvalue weighted by Crippen LogP contribution is -2.15. The highest BCUT2D eigenvalue weighted by atomic mass is 32.2. The molecule has 0 saturated heterocycles. The Hall–Kier alpha value is -3.50. The highest BCUT2D eigenvalue weighted by Gasteiger charge is 2.23. The van der Waals surface area contributed by atoms with Crippen molar-refractivity contribution < 1.29 is 36.6 Å². The molecule has 0 heterocycles. The minimum absolute atomic E-state index is 0.0237. The van der Waals surface area contributed by atoms with Crippen LogP contribution in [0.25, 0.3) is 11.1 Å². The molecule has 3 aromatic carbocycles. The first-order valence-electron chi connectivity index (χ1n) is 9.29. The highest BCUT2D eigenvalue weighted by molar-refractivity contribution is 7.92. The summed E-state index contributed by atoms with van der Waals surface area (Å²) < 4.78 is 65.9. The topological polar surface area (TPSA) is 102 Å². The Kier molecular flexibility index (Phi) is 7.06. The molecule has 0 aromatic heterocycles. The van der Waals surface area contributed by atoms with Crippen molar-refractivity contribution in [2.45, 2.75) is 4.90 Å². The largest absolute Gasteiger partial charge is 0.507 e. The van der Waals surface area contributed by atoms with Gasteiger partial charge in [0.25, 0.3) is 10.0 Å². The van der Waals surface area contributed by atoms with E-state index in [1.165, 1.54) is 49.6 Å². The van der Waals surface area contributed by atoms with Gasteiger partial charge in [-0.15, -0.1) is 0 Å². The minimum atomic E-state index is -4.41. The third-order valence-corrected chi connectivity index (χ3v) is 5.78. The van der Waals surface area contributed by atoms with Gasteiger partial charge in [-0.25, -0.2) is 22.0 Å². The maximum atomic E-state index is 15.0. The van der Waals surface area contributed by atoms with Crippen LogP contribution in [0.15, 0.2) is 65.6 Å². The summed E-state index contributed by atoms with van der Waals surface area (Å²) in [5.74, 6) is -3.00. The van der Waals surface area contributed by atoms with E-state index in [1.54, 1.807) is 0 Å². The molecule has 0 fully saturated rings. The average molecular weight is 463 g/mol. The number of ether oxygens (including phenoxy) is 2. The Morgan fingerprint density at radius 1 is 1.03 bits per heavy atom. The first-order chi connectivity index (χ1) is 15.2. The lowest BCUT2D eigenvalue weighted by Gasteiger charge is -2.13. The number of phenols is 1. The van der Waals surface area contributed by atoms with Gasteiger partial charge in [0.15, 0.2) is 5.82 Å². The Morgan fingerprint density at radius 2 is 1.78 bits per heavy atom. The zero-order chi connectivity index (χ0) is 23.3. The van der Waals surface area contributed by atoms with Crippen LogP contribution in [-0.4, -0.2) is 39.8 Å². The van der Waals surface area contributed by atoms with Crippen molar-refractivity contribution in [3.63, 3.8) is 0 Å². The van der Waals surface area contributed by atoms with E-state index in [9.17, 15) is 22.7 Å². The fourth-order valence-electron chi connectivity index (χ4n) is 2.87. The summed E-state index contributed by atoms with van der Waals surface area (Å²) in [6, 6.07) is 12.2. The van der Waals surface area contributed by atoms with Crippen molar-refractivity contribution in [2.75, 3.05) is 25.0 Å². The van der Waals surface area contributed by atoms with Gasteiger partial charge in [0, 0.05) is 18.7 Å². The number of hydrogen-bond acceptors (Lipinski definition) is 6. The van der Waals surface area contributed by atoms with Crippen molar-refractivity contribution in [3.8, 4) is 16.9 Å². The number of benzene rings is 3. The number of sulfonamides is 1. The van der Waals surface area contributed by atoms with Gasteiger partial charge in [-0.2, -0.15) is 0 Å². The maximum absolute atomic E-state index is 15.0. The lowest BCUT2D eigenvalue weighted by molar-refractivity contribution is 0.0385. The smallest absolute Gasteiger partial charge is 0.341 e. The maximum Gasteiger partial charge on any atom is 0.341 e. The normalized spacial score (nSPS) is 11.2. The van der Waals surface area contributed by atoms with Crippen LogP contribution < -0.4 is 4.72 Å². The molecule has 0 atom stereocenters. The first kappa shape index (κ1) is 23.2. The van der Waals surface area contributed by atoms with Crippen LogP contribution in [0, 0.1) is 11.6 Å². The van der Waals surface area contributed by atoms with Crippen LogP contribution in [-0.2, 0) is 19.5 Å². The van der Waals surface area contributed by atoms with Crippen LogP contribution >= 0.6 is 0 Å². The second-order valence-corrected chi connectivity index (χ2v) is 8.25. The molecule has 0 radical (unpaired) electrons. The number of hydrogen-bond donors (Lipinski definition) is 2. The number of anilines is 1. The third kappa shape index (κ3) is 5.21. The van der Waals surface area contributed by atoms with Crippen molar-refractivity contribution in [2.24, 2.45) is 0 Å². The van der Waals surface area contributed by atoms with Crippen molar-refractivity contribution in [1.29, 1.82) is 0 Å². The zero-order valence-corrected chi connectivity index (χ0v) is 17.7. The van der Waals surface area contributed by atoms with Gasteiger partial charge in [0.05, 0.1) is 12.3 Å². The number of carbonyl (C=O) groups excluding carboxylic acids is 1. The first-order valence-corrected chi connectivity index (χ1v) is 10.8. The monoisotopic (exact) mass is 463 g/mol. The van der Waals surface area contributed by atoms with Gasteiger partial charge in [-0.1, -0.05) is 24.3 Å². The predicted octanol–water partition coefficient (Wildman–Crippen LogP) is 3.94. The van der Waals surface area contributed by atoms with Crippen molar-refractivity contribution in [1.82, 2.24) is 0 Å². The van der Waals surface area contributed by atoms with Crippen LogP contribution in [0.4, 0.5) is 14.5 Å². The lowest BCUT2D eigenvalue weighted by atomic mass is 10.1. The summed E-state index contributed by atoms with van der Waals surface area (Å²) >= 11 is 0. The average Bonchev–Trinajstić information content (AvgIpc) is 2.73. The summed E-state index contributed by atoms with van der Waals surface area (Å²) in [4.78, 5) is 11.3. The number of rotatable bonds is 8. The van der Waals surface area contributed by atoms with Gasteiger partial charge in [-0.3, -0.25) is 4.72 Å². The molecule has 168 valence electrons. The Bertz CT molecular complexity index is 1250. The molecule has 0 aliphatic rings. The number of carbonyl (C=O) groups is 1. The van der Waals surface area contributed by atoms with E-state index in [2.05, 4.69) is 4.72 Å². The SMILES string of the molecule is COCCOC(=O)c1ccc(NS(=O)(=O)c2cccc(-c3cccc(F)c3)c2F)cc1O. The van der Waals surface area contributed by atoms with E-state index in [0.29, 0.717) is 0 Å².